The van der Waals surface area contributed by atoms with Gasteiger partial charge in [-0.05, 0) is 48.0 Å². The predicted molar refractivity (Wildman–Crippen MR) is 143 cm³/mol. The molecule has 196 valence electrons. The average Bonchev–Trinajstić information content (AvgIpc) is 2.81. The summed E-state index contributed by atoms with van der Waals surface area (Å²) in [6, 6.07) is 13.7. The Morgan fingerprint density at radius 3 is 2.19 bits per heavy atom. The van der Waals surface area contributed by atoms with E-state index in [0.717, 1.165) is 4.90 Å². The normalized spacial score (nSPS) is 11.3. The van der Waals surface area contributed by atoms with Crippen LogP contribution >= 0.6 is 23.2 Å². The summed E-state index contributed by atoms with van der Waals surface area (Å²) in [6.07, 6.45) is -4.48. The highest BCUT2D eigenvalue weighted by atomic mass is 35.5. The molecule has 3 aromatic carbocycles. The number of benzene rings is 3. The summed E-state index contributed by atoms with van der Waals surface area (Å²) in [5.74, 6) is -0.859. The number of hydrogen-bond acceptors (Lipinski definition) is 3. The Morgan fingerprint density at radius 1 is 0.919 bits per heavy atom. The molecule has 0 saturated carbocycles. The van der Waals surface area contributed by atoms with E-state index in [9.17, 15) is 22.4 Å². The van der Waals surface area contributed by atoms with E-state index in [1.807, 2.05) is 0 Å². The van der Waals surface area contributed by atoms with Crippen molar-refractivity contribution in [3.8, 4) is 11.1 Å². The number of halogens is 6. The lowest BCUT2D eigenvalue weighted by molar-refractivity contribution is -0.119. The first-order valence-electron chi connectivity index (χ1n) is 11.0. The van der Waals surface area contributed by atoms with Gasteiger partial charge in [0, 0.05) is 50.0 Å². The molecule has 0 aromatic heterocycles. The molecular formula is C27H25Cl2F4N3O. The zero-order valence-corrected chi connectivity index (χ0v) is 22.1. The van der Waals surface area contributed by atoms with Crippen molar-refractivity contribution in [3.63, 3.8) is 0 Å². The molecule has 0 saturated heterocycles. The third-order valence-corrected chi connectivity index (χ3v) is 6.40. The van der Waals surface area contributed by atoms with Crippen LogP contribution in [-0.4, -0.2) is 51.7 Å². The first-order valence-corrected chi connectivity index (χ1v) is 11.8. The first kappa shape index (κ1) is 28.3. The van der Waals surface area contributed by atoms with Gasteiger partial charge in [-0.15, -0.1) is 0 Å². The highest BCUT2D eigenvalue weighted by molar-refractivity contribution is 6.33. The number of rotatable bonds is 7. The van der Waals surface area contributed by atoms with Crippen LogP contribution in [0.3, 0.4) is 0 Å². The van der Waals surface area contributed by atoms with Crippen molar-refractivity contribution in [2.24, 2.45) is 0 Å². The van der Waals surface area contributed by atoms with Crippen LogP contribution < -0.4 is 9.80 Å². The topological polar surface area (TPSA) is 26.8 Å². The maximum Gasteiger partial charge on any atom is 0.405 e. The Bertz CT molecular complexity index is 1320. The number of anilines is 2. The van der Waals surface area contributed by atoms with Crippen molar-refractivity contribution < 1.29 is 22.4 Å². The molecule has 0 aliphatic carbocycles. The van der Waals surface area contributed by atoms with E-state index < -0.39 is 18.5 Å². The molecule has 0 bridgehead atoms. The van der Waals surface area contributed by atoms with Gasteiger partial charge in [-0.3, -0.25) is 4.79 Å². The molecule has 1 amide bonds. The fraction of sp³-hybridized carbons (Fsp3) is 0.222. The summed E-state index contributed by atoms with van der Waals surface area (Å²) < 4.78 is 54.6. The van der Waals surface area contributed by atoms with Gasteiger partial charge in [0.05, 0.1) is 22.0 Å². The number of alkyl halides is 3. The van der Waals surface area contributed by atoms with E-state index >= 15 is 0 Å². The fourth-order valence-corrected chi connectivity index (χ4v) is 4.36. The molecule has 0 spiro atoms. The molecule has 10 heteroatoms. The maximum atomic E-state index is 14.6. The lowest BCUT2D eigenvalue weighted by atomic mass is 10.00. The minimum Gasteiger partial charge on any atom is -0.364 e. The van der Waals surface area contributed by atoms with Crippen molar-refractivity contribution >= 4 is 46.2 Å². The highest BCUT2D eigenvalue weighted by Gasteiger charge is 2.31. The van der Waals surface area contributed by atoms with Crippen molar-refractivity contribution in [1.82, 2.24) is 4.90 Å². The SMILES string of the molecule is C=C(c1c(F)cccc1Cl)N(C)c1ccc(-c2cc(C(=O)N(C)C)ccc2Cl)cc1N(C)CC(F)(F)F. The van der Waals surface area contributed by atoms with E-state index in [0.29, 0.717) is 27.4 Å². The second-order valence-electron chi connectivity index (χ2n) is 8.67. The van der Waals surface area contributed by atoms with Crippen LogP contribution in [-0.2, 0) is 0 Å². The van der Waals surface area contributed by atoms with Gasteiger partial charge < -0.3 is 14.7 Å². The Kier molecular flexibility index (Phi) is 8.45. The zero-order chi connectivity index (χ0) is 27.7. The molecule has 0 N–H and O–H groups in total. The molecule has 37 heavy (non-hydrogen) atoms. The molecule has 0 unspecified atom stereocenters. The lowest BCUT2D eigenvalue weighted by Gasteiger charge is -2.30. The summed E-state index contributed by atoms with van der Waals surface area (Å²) >= 11 is 12.6. The number of amides is 1. The molecule has 3 rings (SSSR count). The fourth-order valence-electron chi connectivity index (χ4n) is 3.86. The van der Waals surface area contributed by atoms with E-state index in [-0.39, 0.29) is 27.9 Å². The Morgan fingerprint density at radius 2 is 1.59 bits per heavy atom. The second-order valence-corrected chi connectivity index (χ2v) is 9.49. The van der Waals surface area contributed by atoms with E-state index in [1.54, 1.807) is 57.5 Å². The molecule has 0 aliphatic heterocycles. The predicted octanol–water partition coefficient (Wildman–Crippen LogP) is 7.61. The van der Waals surface area contributed by atoms with Gasteiger partial charge in [0.15, 0.2) is 0 Å². The van der Waals surface area contributed by atoms with Crippen LogP contribution in [0, 0.1) is 5.82 Å². The highest BCUT2D eigenvalue weighted by Crippen LogP contribution is 2.40. The third kappa shape index (κ3) is 6.37. The smallest absolute Gasteiger partial charge is 0.364 e. The summed E-state index contributed by atoms with van der Waals surface area (Å²) in [5.41, 5.74) is 2.06. The van der Waals surface area contributed by atoms with Crippen molar-refractivity contribution in [3.05, 3.63) is 88.2 Å². The Balaban J connectivity index is 2.16. The lowest BCUT2D eigenvalue weighted by Crippen LogP contribution is -2.32. The maximum absolute atomic E-state index is 14.6. The van der Waals surface area contributed by atoms with Crippen LogP contribution in [0.4, 0.5) is 28.9 Å². The molecule has 0 atom stereocenters. The molecule has 0 heterocycles. The average molecular weight is 554 g/mol. The Hall–Kier alpha value is -3.23. The standard InChI is InChI=1S/C27H25Cl2F4N3O/c1-16(25-21(29)7-6-8-22(25)30)36(5)23-12-10-17(14-24(23)35(4)15-27(31,32)33)19-13-18(9-11-20(19)28)26(37)34(2)3/h6-14H,1,15H2,2-5H3. The van der Waals surface area contributed by atoms with Gasteiger partial charge in [-0.25, -0.2) is 4.39 Å². The van der Waals surface area contributed by atoms with Gasteiger partial charge >= 0.3 is 6.18 Å². The van der Waals surface area contributed by atoms with E-state index in [2.05, 4.69) is 6.58 Å². The summed E-state index contributed by atoms with van der Waals surface area (Å²) in [6.45, 7) is 2.70. The monoisotopic (exact) mass is 553 g/mol. The van der Waals surface area contributed by atoms with Crippen molar-refractivity contribution in [2.45, 2.75) is 6.18 Å². The van der Waals surface area contributed by atoms with E-state index in [4.69, 9.17) is 23.2 Å². The minimum atomic E-state index is -4.48. The van der Waals surface area contributed by atoms with E-state index in [1.165, 1.54) is 35.0 Å². The van der Waals surface area contributed by atoms with Gasteiger partial charge in [0.2, 0.25) is 0 Å². The quantitative estimate of drug-likeness (QED) is 0.282. The summed E-state index contributed by atoms with van der Waals surface area (Å²) in [7, 11) is 6.09. The number of carbonyl (C=O) groups is 1. The Labute approximate surface area is 223 Å². The van der Waals surface area contributed by atoms with Crippen molar-refractivity contribution in [2.75, 3.05) is 44.5 Å². The van der Waals surface area contributed by atoms with Crippen LogP contribution in [0.2, 0.25) is 10.0 Å². The molecular weight excluding hydrogens is 529 g/mol. The summed E-state index contributed by atoms with van der Waals surface area (Å²) in [5, 5.41) is 0.441. The molecule has 4 nitrogen and oxygen atoms in total. The molecule has 0 fully saturated rings. The van der Waals surface area contributed by atoms with Gasteiger partial charge in [0.25, 0.3) is 5.91 Å². The first-order chi connectivity index (χ1) is 17.2. The zero-order valence-electron chi connectivity index (χ0n) is 20.6. The number of carbonyl (C=O) groups excluding carboxylic acids is 1. The minimum absolute atomic E-state index is 0.0399. The van der Waals surface area contributed by atoms with Gasteiger partial charge in [-0.1, -0.05) is 41.9 Å². The largest absolute Gasteiger partial charge is 0.405 e. The third-order valence-electron chi connectivity index (χ3n) is 5.75. The van der Waals surface area contributed by atoms with Crippen LogP contribution in [0.5, 0.6) is 0 Å². The second kappa shape index (κ2) is 11.0. The van der Waals surface area contributed by atoms with Gasteiger partial charge in [0.1, 0.15) is 12.4 Å². The van der Waals surface area contributed by atoms with Gasteiger partial charge in [-0.2, -0.15) is 13.2 Å². The molecule has 0 radical (unpaired) electrons. The van der Waals surface area contributed by atoms with Crippen LogP contribution in [0.25, 0.3) is 16.8 Å². The number of hydrogen-bond donors (Lipinski definition) is 0. The van der Waals surface area contributed by atoms with Crippen LogP contribution in [0.15, 0.2) is 61.2 Å². The molecule has 3 aromatic rings. The van der Waals surface area contributed by atoms with Crippen molar-refractivity contribution in [1.29, 1.82) is 0 Å². The molecule has 0 aliphatic rings. The summed E-state index contributed by atoms with van der Waals surface area (Å²) in [4.78, 5) is 16.4. The number of nitrogens with zero attached hydrogens (tertiary/aromatic N) is 3. The van der Waals surface area contributed by atoms with Crippen LogP contribution in [0.1, 0.15) is 15.9 Å².